The Morgan fingerprint density at radius 3 is 2.71 bits per heavy atom. The SMILES string of the molecule is CC[C@H](NCC(=O)OC)c1ccc(F)cc1F. The Hall–Kier alpha value is -1.49. The minimum Gasteiger partial charge on any atom is -0.468 e. The number of halogens is 2. The van der Waals surface area contributed by atoms with E-state index in [1.165, 1.54) is 19.2 Å². The molecule has 3 nitrogen and oxygen atoms in total. The average Bonchev–Trinajstić information content (AvgIpc) is 2.31. The summed E-state index contributed by atoms with van der Waals surface area (Å²) in [6.45, 7) is 1.84. The molecule has 1 N–H and O–H groups in total. The summed E-state index contributed by atoms with van der Waals surface area (Å²) in [6.07, 6.45) is 0.583. The number of methoxy groups -OCH3 is 1. The van der Waals surface area contributed by atoms with E-state index in [1.807, 2.05) is 6.92 Å². The summed E-state index contributed by atoms with van der Waals surface area (Å²) in [5, 5.41) is 2.86. The highest BCUT2D eigenvalue weighted by molar-refractivity contribution is 5.71. The molecule has 0 heterocycles. The van der Waals surface area contributed by atoms with Crippen molar-refractivity contribution < 1.29 is 18.3 Å². The lowest BCUT2D eigenvalue weighted by Crippen LogP contribution is -2.28. The van der Waals surface area contributed by atoms with E-state index in [0.717, 1.165) is 6.07 Å². The minimum absolute atomic E-state index is 0.00811. The van der Waals surface area contributed by atoms with Gasteiger partial charge in [0.05, 0.1) is 13.7 Å². The number of carbonyl (C=O) groups excluding carboxylic acids is 1. The molecule has 1 aromatic rings. The normalized spacial score (nSPS) is 12.2. The first-order valence-corrected chi connectivity index (χ1v) is 5.33. The maximum atomic E-state index is 13.5. The third-order valence-electron chi connectivity index (χ3n) is 2.47. The van der Waals surface area contributed by atoms with Crippen molar-refractivity contribution in [2.24, 2.45) is 0 Å². The van der Waals surface area contributed by atoms with Crippen LogP contribution in [0, 0.1) is 11.6 Å². The van der Waals surface area contributed by atoms with E-state index < -0.39 is 17.6 Å². The lowest BCUT2D eigenvalue weighted by molar-refractivity contribution is -0.139. The van der Waals surface area contributed by atoms with Crippen LogP contribution in [0.5, 0.6) is 0 Å². The molecule has 1 rings (SSSR count). The summed E-state index contributed by atoms with van der Waals surface area (Å²) in [5.41, 5.74) is 0.345. The van der Waals surface area contributed by atoms with Gasteiger partial charge in [0.2, 0.25) is 0 Å². The van der Waals surface area contributed by atoms with Gasteiger partial charge in [-0.15, -0.1) is 0 Å². The Labute approximate surface area is 98.8 Å². The van der Waals surface area contributed by atoms with E-state index in [9.17, 15) is 13.6 Å². The third kappa shape index (κ3) is 3.78. The molecule has 0 fully saturated rings. The molecule has 1 aromatic carbocycles. The van der Waals surface area contributed by atoms with E-state index in [2.05, 4.69) is 10.1 Å². The fraction of sp³-hybridized carbons (Fsp3) is 0.417. The van der Waals surface area contributed by atoms with Gasteiger partial charge in [0.25, 0.3) is 0 Å². The molecule has 94 valence electrons. The Bertz CT molecular complexity index is 396. The van der Waals surface area contributed by atoms with Crippen molar-refractivity contribution in [2.45, 2.75) is 19.4 Å². The minimum atomic E-state index is -0.617. The molecule has 0 saturated carbocycles. The van der Waals surface area contributed by atoms with Gasteiger partial charge in [-0.3, -0.25) is 10.1 Å². The molecule has 0 saturated heterocycles. The van der Waals surface area contributed by atoms with Gasteiger partial charge in [-0.25, -0.2) is 8.78 Å². The molecule has 0 aromatic heterocycles. The highest BCUT2D eigenvalue weighted by Gasteiger charge is 2.15. The lowest BCUT2D eigenvalue weighted by Gasteiger charge is -2.17. The zero-order valence-corrected chi connectivity index (χ0v) is 9.80. The number of esters is 1. The molecule has 0 spiro atoms. The van der Waals surface area contributed by atoms with Crippen molar-refractivity contribution in [1.29, 1.82) is 0 Å². The Kier molecular flexibility index (Phi) is 5.03. The van der Waals surface area contributed by atoms with Crippen LogP contribution in [0.4, 0.5) is 8.78 Å². The zero-order chi connectivity index (χ0) is 12.8. The van der Waals surface area contributed by atoms with Crippen molar-refractivity contribution in [3.63, 3.8) is 0 Å². The fourth-order valence-corrected chi connectivity index (χ4v) is 1.54. The molecule has 5 heteroatoms. The molecule has 0 aliphatic rings. The number of carbonyl (C=O) groups is 1. The van der Waals surface area contributed by atoms with Crippen molar-refractivity contribution in [3.05, 3.63) is 35.4 Å². The van der Waals surface area contributed by atoms with Gasteiger partial charge in [0, 0.05) is 17.7 Å². The Balaban J connectivity index is 2.75. The van der Waals surface area contributed by atoms with Crippen LogP contribution in [0.25, 0.3) is 0 Å². The van der Waals surface area contributed by atoms with Crippen LogP contribution in [-0.4, -0.2) is 19.6 Å². The predicted molar refractivity (Wildman–Crippen MR) is 59.4 cm³/mol. The maximum absolute atomic E-state index is 13.5. The molecule has 17 heavy (non-hydrogen) atoms. The number of ether oxygens (including phenoxy) is 1. The van der Waals surface area contributed by atoms with Crippen LogP contribution >= 0.6 is 0 Å². The molecule has 1 atom stereocenters. The van der Waals surface area contributed by atoms with Gasteiger partial charge in [-0.2, -0.15) is 0 Å². The first-order valence-electron chi connectivity index (χ1n) is 5.33. The quantitative estimate of drug-likeness (QED) is 0.805. The van der Waals surface area contributed by atoms with Crippen LogP contribution in [0.2, 0.25) is 0 Å². The summed E-state index contributed by atoms with van der Waals surface area (Å²) >= 11 is 0. The second-order valence-electron chi connectivity index (χ2n) is 3.58. The Morgan fingerprint density at radius 2 is 2.18 bits per heavy atom. The van der Waals surface area contributed by atoms with Crippen molar-refractivity contribution in [3.8, 4) is 0 Å². The summed E-state index contributed by atoms with van der Waals surface area (Å²) in [7, 11) is 1.28. The first kappa shape index (κ1) is 13.6. The summed E-state index contributed by atoms with van der Waals surface area (Å²) in [4.78, 5) is 11.0. The summed E-state index contributed by atoms with van der Waals surface area (Å²) < 4.78 is 30.7. The number of rotatable bonds is 5. The van der Waals surface area contributed by atoms with E-state index in [0.29, 0.717) is 12.0 Å². The second-order valence-corrected chi connectivity index (χ2v) is 3.58. The number of hydrogen-bond acceptors (Lipinski definition) is 3. The van der Waals surface area contributed by atoms with E-state index in [4.69, 9.17) is 0 Å². The largest absolute Gasteiger partial charge is 0.468 e. The highest BCUT2D eigenvalue weighted by atomic mass is 19.1. The molecule has 0 aliphatic carbocycles. The van der Waals surface area contributed by atoms with Gasteiger partial charge in [0.15, 0.2) is 0 Å². The first-order chi connectivity index (χ1) is 8.08. The van der Waals surface area contributed by atoms with Crippen molar-refractivity contribution in [2.75, 3.05) is 13.7 Å². The lowest BCUT2D eigenvalue weighted by atomic mass is 10.0. The van der Waals surface area contributed by atoms with E-state index in [-0.39, 0.29) is 12.6 Å². The maximum Gasteiger partial charge on any atom is 0.319 e. The highest BCUT2D eigenvalue weighted by Crippen LogP contribution is 2.20. The number of hydrogen-bond donors (Lipinski definition) is 1. The Morgan fingerprint density at radius 1 is 1.47 bits per heavy atom. The number of nitrogens with one attached hydrogen (secondary N) is 1. The van der Waals surface area contributed by atoms with Crippen LogP contribution in [0.15, 0.2) is 18.2 Å². The molecule has 0 unspecified atom stereocenters. The molecule has 0 aliphatic heterocycles. The van der Waals surface area contributed by atoms with Gasteiger partial charge >= 0.3 is 5.97 Å². The molecule has 0 radical (unpaired) electrons. The van der Waals surface area contributed by atoms with Crippen molar-refractivity contribution in [1.82, 2.24) is 5.32 Å². The van der Waals surface area contributed by atoms with Gasteiger partial charge in [-0.1, -0.05) is 13.0 Å². The average molecular weight is 243 g/mol. The van der Waals surface area contributed by atoms with Gasteiger partial charge < -0.3 is 4.74 Å². The van der Waals surface area contributed by atoms with E-state index in [1.54, 1.807) is 0 Å². The van der Waals surface area contributed by atoms with Crippen molar-refractivity contribution >= 4 is 5.97 Å². The van der Waals surface area contributed by atoms with Crippen LogP contribution in [0.1, 0.15) is 24.9 Å². The molecule has 0 amide bonds. The third-order valence-corrected chi connectivity index (χ3v) is 2.47. The van der Waals surface area contributed by atoms with Crippen LogP contribution in [-0.2, 0) is 9.53 Å². The van der Waals surface area contributed by atoms with Gasteiger partial charge in [-0.05, 0) is 12.5 Å². The summed E-state index contributed by atoms with van der Waals surface area (Å²) in [5.74, 6) is -1.66. The zero-order valence-electron chi connectivity index (χ0n) is 9.80. The van der Waals surface area contributed by atoms with Crippen LogP contribution in [0.3, 0.4) is 0 Å². The smallest absolute Gasteiger partial charge is 0.319 e. The standard InChI is InChI=1S/C12H15F2NO2/c1-3-11(15-7-12(16)17-2)9-5-4-8(13)6-10(9)14/h4-6,11,15H,3,7H2,1-2H3/t11-/m0/s1. The number of benzene rings is 1. The second kappa shape index (κ2) is 6.30. The monoisotopic (exact) mass is 243 g/mol. The molecule has 0 bridgehead atoms. The summed E-state index contributed by atoms with van der Waals surface area (Å²) in [6, 6.07) is 3.07. The predicted octanol–water partition coefficient (Wildman–Crippen LogP) is 2.18. The molecular formula is C12H15F2NO2. The topological polar surface area (TPSA) is 38.3 Å². The van der Waals surface area contributed by atoms with Crippen LogP contribution < -0.4 is 5.32 Å². The molecular weight excluding hydrogens is 228 g/mol. The fourth-order valence-electron chi connectivity index (χ4n) is 1.54. The van der Waals surface area contributed by atoms with Gasteiger partial charge in [0.1, 0.15) is 11.6 Å². The van der Waals surface area contributed by atoms with E-state index >= 15 is 0 Å².